The standard InChI is InChI=1S/C15H22N4/c16-15(17-14-6-7-14)19-10-8-18(9-11-19)12-13-4-2-1-3-5-13/h1-5,14H,6-12H2,(H2,16,17). The van der Waals surface area contributed by atoms with E-state index in [1.165, 1.54) is 18.4 Å². The number of benzene rings is 1. The van der Waals surface area contributed by atoms with E-state index in [0.29, 0.717) is 6.04 Å². The summed E-state index contributed by atoms with van der Waals surface area (Å²) >= 11 is 0. The van der Waals surface area contributed by atoms with Gasteiger partial charge in [0.15, 0.2) is 5.96 Å². The number of guanidine groups is 1. The summed E-state index contributed by atoms with van der Waals surface area (Å²) in [6.45, 7) is 5.16. The molecule has 1 saturated heterocycles. The van der Waals surface area contributed by atoms with Crippen LogP contribution in [-0.4, -0.2) is 48.0 Å². The lowest BCUT2D eigenvalue weighted by atomic mass is 10.2. The van der Waals surface area contributed by atoms with Gasteiger partial charge in [-0.2, -0.15) is 0 Å². The van der Waals surface area contributed by atoms with Crippen LogP contribution >= 0.6 is 0 Å². The van der Waals surface area contributed by atoms with Crippen LogP contribution in [0.25, 0.3) is 0 Å². The van der Waals surface area contributed by atoms with Gasteiger partial charge in [0.2, 0.25) is 0 Å². The van der Waals surface area contributed by atoms with Crippen LogP contribution in [0, 0.1) is 0 Å². The lowest BCUT2D eigenvalue weighted by Gasteiger charge is -2.35. The van der Waals surface area contributed by atoms with Crippen LogP contribution in [-0.2, 0) is 6.54 Å². The van der Waals surface area contributed by atoms with Gasteiger partial charge in [0.25, 0.3) is 0 Å². The normalized spacial score (nSPS) is 21.7. The first-order valence-corrected chi connectivity index (χ1v) is 7.16. The summed E-state index contributed by atoms with van der Waals surface area (Å²) in [5.74, 6) is 0.752. The predicted molar refractivity (Wildman–Crippen MR) is 77.9 cm³/mol. The lowest BCUT2D eigenvalue weighted by Crippen LogP contribution is -2.50. The van der Waals surface area contributed by atoms with E-state index in [1.54, 1.807) is 0 Å². The maximum Gasteiger partial charge on any atom is 0.191 e. The highest BCUT2D eigenvalue weighted by molar-refractivity contribution is 5.78. The molecule has 1 aliphatic carbocycles. The maximum atomic E-state index is 6.04. The highest BCUT2D eigenvalue weighted by Crippen LogP contribution is 2.23. The van der Waals surface area contributed by atoms with Crippen LogP contribution in [0.15, 0.2) is 35.3 Å². The number of rotatable bonds is 3. The molecular formula is C15H22N4. The van der Waals surface area contributed by atoms with E-state index in [2.05, 4.69) is 45.1 Å². The van der Waals surface area contributed by atoms with Crippen molar-refractivity contribution in [2.24, 2.45) is 10.7 Å². The van der Waals surface area contributed by atoms with E-state index in [4.69, 9.17) is 5.73 Å². The van der Waals surface area contributed by atoms with Crippen molar-refractivity contribution in [3.8, 4) is 0 Å². The fraction of sp³-hybridized carbons (Fsp3) is 0.533. The minimum atomic E-state index is 0.516. The zero-order valence-electron chi connectivity index (χ0n) is 11.3. The van der Waals surface area contributed by atoms with Crippen molar-refractivity contribution >= 4 is 5.96 Å². The SMILES string of the molecule is NC(=NC1CC1)N1CCN(Cc2ccccc2)CC1. The van der Waals surface area contributed by atoms with Gasteiger partial charge in [0.1, 0.15) is 0 Å². The van der Waals surface area contributed by atoms with Crippen LogP contribution in [0.2, 0.25) is 0 Å². The van der Waals surface area contributed by atoms with E-state index in [1.807, 2.05) is 0 Å². The molecule has 0 aromatic heterocycles. The van der Waals surface area contributed by atoms with Gasteiger partial charge < -0.3 is 10.6 Å². The molecule has 2 fully saturated rings. The molecule has 1 heterocycles. The van der Waals surface area contributed by atoms with Crippen LogP contribution in [0.3, 0.4) is 0 Å². The third-order valence-corrected chi connectivity index (χ3v) is 3.81. The fourth-order valence-corrected chi connectivity index (χ4v) is 2.45. The molecule has 2 N–H and O–H groups in total. The van der Waals surface area contributed by atoms with E-state index in [0.717, 1.165) is 38.7 Å². The minimum Gasteiger partial charge on any atom is -0.370 e. The smallest absolute Gasteiger partial charge is 0.191 e. The molecule has 19 heavy (non-hydrogen) atoms. The van der Waals surface area contributed by atoms with Crippen LogP contribution < -0.4 is 5.73 Å². The molecule has 0 unspecified atom stereocenters. The van der Waals surface area contributed by atoms with E-state index >= 15 is 0 Å². The summed E-state index contributed by atoms with van der Waals surface area (Å²) in [5, 5.41) is 0. The molecule has 3 rings (SSSR count). The van der Waals surface area contributed by atoms with Crippen molar-refractivity contribution in [1.29, 1.82) is 0 Å². The average Bonchev–Trinajstić information content (AvgIpc) is 3.25. The third kappa shape index (κ3) is 3.47. The maximum absolute atomic E-state index is 6.04. The number of hydrogen-bond acceptors (Lipinski definition) is 2. The van der Waals surface area contributed by atoms with Crippen molar-refractivity contribution in [3.05, 3.63) is 35.9 Å². The Bertz CT molecular complexity index is 431. The molecule has 2 aliphatic rings. The first kappa shape index (κ1) is 12.5. The van der Waals surface area contributed by atoms with Crippen molar-refractivity contribution in [2.45, 2.75) is 25.4 Å². The summed E-state index contributed by atoms with van der Waals surface area (Å²) < 4.78 is 0. The van der Waals surface area contributed by atoms with E-state index in [9.17, 15) is 0 Å². The molecule has 0 spiro atoms. The van der Waals surface area contributed by atoms with Gasteiger partial charge in [-0.25, -0.2) is 4.99 Å². The Morgan fingerprint density at radius 1 is 1.11 bits per heavy atom. The number of piperazine rings is 1. The molecule has 102 valence electrons. The van der Waals surface area contributed by atoms with Gasteiger partial charge in [0, 0.05) is 32.7 Å². The summed E-state index contributed by atoms with van der Waals surface area (Å²) in [7, 11) is 0. The van der Waals surface area contributed by atoms with Gasteiger partial charge >= 0.3 is 0 Å². The molecule has 1 aromatic carbocycles. The summed E-state index contributed by atoms with van der Waals surface area (Å²) in [4.78, 5) is 9.23. The Morgan fingerprint density at radius 2 is 1.79 bits per heavy atom. The second-order valence-corrected chi connectivity index (χ2v) is 5.47. The predicted octanol–water partition coefficient (Wildman–Crippen LogP) is 1.28. The molecular weight excluding hydrogens is 236 g/mol. The number of aliphatic imine (C=N–C) groups is 1. The van der Waals surface area contributed by atoms with Crippen molar-refractivity contribution < 1.29 is 0 Å². The zero-order chi connectivity index (χ0) is 13.1. The molecule has 1 aliphatic heterocycles. The van der Waals surface area contributed by atoms with E-state index < -0.39 is 0 Å². The summed E-state index contributed by atoms with van der Waals surface area (Å²) in [6, 6.07) is 11.2. The van der Waals surface area contributed by atoms with Crippen LogP contribution in [0.4, 0.5) is 0 Å². The lowest BCUT2D eigenvalue weighted by molar-refractivity contribution is 0.174. The summed E-state index contributed by atoms with van der Waals surface area (Å²) in [6.07, 6.45) is 2.43. The number of nitrogens with zero attached hydrogens (tertiary/aromatic N) is 3. The monoisotopic (exact) mass is 258 g/mol. The Labute approximate surface area is 114 Å². The van der Waals surface area contributed by atoms with Crippen LogP contribution in [0.5, 0.6) is 0 Å². The Kier molecular flexibility index (Phi) is 3.69. The Hall–Kier alpha value is -1.55. The van der Waals surface area contributed by atoms with Gasteiger partial charge in [0.05, 0.1) is 6.04 Å². The highest BCUT2D eigenvalue weighted by atomic mass is 15.3. The van der Waals surface area contributed by atoms with Gasteiger partial charge in [-0.05, 0) is 18.4 Å². The minimum absolute atomic E-state index is 0.516. The molecule has 1 saturated carbocycles. The Balaban J connectivity index is 1.49. The number of nitrogens with two attached hydrogens (primary N) is 1. The van der Waals surface area contributed by atoms with Crippen LogP contribution in [0.1, 0.15) is 18.4 Å². The largest absolute Gasteiger partial charge is 0.370 e. The zero-order valence-corrected chi connectivity index (χ0v) is 11.3. The first-order chi connectivity index (χ1) is 9.31. The highest BCUT2D eigenvalue weighted by Gasteiger charge is 2.23. The molecule has 0 radical (unpaired) electrons. The number of hydrogen-bond donors (Lipinski definition) is 1. The average molecular weight is 258 g/mol. The molecule has 4 heteroatoms. The molecule has 0 amide bonds. The van der Waals surface area contributed by atoms with Crippen molar-refractivity contribution in [3.63, 3.8) is 0 Å². The molecule has 0 bridgehead atoms. The summed E-state index contributed by atoms with van der Waals surface area (Å²) in [5.41, 5.74) is 7.43. The van der Waals surface area contributed by atoms with Gasteiger partial charge in [-0.1, -0.05) is 30.3 Å². The second kappa shape index (κ2) is 5.61. The third-order valence-electron chi connectivity index (χ3n) is 3.81. The van der Waals surface area contributed by atoms with Crippen molar-refractivity contribution in [1.82, 2.24) is 9.80 Å². The second-order valence-electron chi connectivity index (χ2n) is 5.47. The molecule has 1 aromatic rings. The topological polar surface area (TPSA) is 44.9 Å². The first-order valence-electron chi connectivity index (χ1n) is 7.16. The van der Waals surface area contributed by atoms with Gasteiger partial charge in [-0.15, -0.1) is 0 Å². The van der Waals surface area contributed by atoms with E-state index in [-0.39, 0.29) is 0 Å². The quantitative estimate of drug-likeness (QED) is 0.656. The van der Waals surface area contributed by atoms with Gasteiger partial charge in [-0.3, -0.25) is 4.90 Å². The molecule has 0 atom stereocenters. The Morgan fingerprint density at radius 3 is 2.42 bits per heavy atom. The van der Waals surface area contributed by atoms with Crippen molar-refractivity contribution in [2.75, 3.05) is 26.2 Å². The molecule has 4 nitrogen and oxygen atoms in total. The fourth-order valence-electron chi connectivity index (χ4n) is 2.45.